The average Bonchev–Trinajstić information content (AvgIpc) is 3.37. The van der Waals surface area contributed by atoms with E-state index in [1.54, 1.807) is 35.8 Å². The number of halogens is 1. The van der Waals surface area contributed by atoms with Crippen LogP contribution in [0.25, 0.3) is 0 Å². The second-order valence-electron chi connectivity index (χ2n) is 8.21. The van der Waals surface area contributed by atoms with Gasteiger partial charge in [0, 0.05) is 33.8 Å². The molecule has 1 fully saturated rings. The number of aromatic nitrogens is 1. The number of ether oxygens (including phenoxy) is 1. The van der Waals surface area contributed by atoms with E-state index < -0.39 is 0 Å². The summed E-state index contributed by atoms with van der Waals surface area (Å²) >= 11 is 7.82. The number of nitrogens with zero attached hydrogens (tertiary/aromatic N) is 5. The molecule has 0 N–H and O–H groups in total. The highest BCUT2D eigenvalue weighted by Gasteiger charge is 2.21. The number of amidine groups is 1. The van der Waals surface area contributed by atoms with Crippen LogP contribution in [-0.2, 0) is 21.5 Å². The Morgan fingerprint density at radius 3 is 2.90 bits per heavy atom. The zero-order chi connectivity index (χ0) is 22.4. The lowest BCUT2D eigenvalue weighted by Crippen LogP contribution is -2.24. The summed E-state index contributed by atoms with van der Waals surface area (Å²) in [7, 11) is 1.47. The summed E-state index contributed by atoms with van der Waals surface area (Å²) in [5.74, 6) is 0.269. The monoisotopic (exact) mass is 459 g/mol. The fourth-order valence-corrected chi connectivity index (χ4v) is 4.41. The number of nitriles is 1. The number of rotatable bonds is 5. The average molecular weight is 460 g/mol. The fraction of sp³-hybridized carbons (Fsp3) is 0.455. The van der Waals surface area contributed by atoms with Gasteiger partial charge in [-0.3, -0.25) is 0 Å². The quantitative estimate of drug-likeness (QED) is 0.286. The van der Waals surface area contributed by atoms with Crippen LogP contribution in [0.15, 0.2) is 39.5 Å². The number of hydrogen-bond acceptors (Lipinski definition) is 6. The van der Waals surface area contributed by atoms with Crippen molar-refractivity contribution in [3.63, 3.8) is 0 Å². The van der Waals surface area contributed by atoms with Crippen molar-refractivity contribution in [2.24, 2.45) is 15.1 Å². The second-order valence-corrected chi connectivity index (χ2v) is 9.66. The SMILES string of the molecule is CO/N=C\c1ccc(Cl)cc1C(=NC#N)N=c1sc(C(C)(C)C)cn1C[C@H]1CCCO1. The van der Waals surface area contributed by atoms with Crippen molar-refractivity contribution in [2.75, 3.05) is 13.7 Å². The fourth-order valence-electron chi connectivity index (χ4n) is 3.18. The van der Waals surface area contributed by atoms with E-state index in [4.69, 9.17) is 26.2 Å². The normalized spacial score (nSPS) is 18.0. The van der Waals surface area contributed by atoms with E-state index in [9.17, 15) is 5.26 Å². The van der Waals surface area contributed by atoms with E-state index in [1.165, 1.54) is 12.0 Å². The number of thiazole rings is 1. The summed E-state index contributed by atoms with van der Waals surface area (Å²) in [5.41, 5.74) is 1.27. The van der Waals surface area contributed by atoms with Gasteiger partial charge in [0.15, 0.2) is 10.6 Å². The molecule has 164 valence electrons. The Kier molecular flexibility index (Phi) is 7.65. The molecule has 1 saturated heterocycles. The molecular weight excluding hydrogens is 434 g/mol. The summed E-state index contributed by atoms with van der Waals surface area (Å²) in [4.78, 5) is 15.5. The van der Waals surface area contributed by atoms with E-state index in [-0.39, 0.29) is 17.4 Å². The second kappa shape index (κ2) is 10.2. The molecule has 0 aliphatic carbocycles. The van der Waals surface area contributed by atoms with Crippen molar-refractivity contribution < 1.29 is 9.57 Å². The van der Waals surface area contributed by atoms with E-state index in [0.29, 0.717) is 22.7 Å². The largest absolute Gasteiger partial charge is 0.399 e. The van der Waals surface area contributed by atoms with Gasteiger partial charge in [0.1, 0.15) is 7.11 Å². The maximum Gasteiger partial charge on any atom is 0.207 e. The first-order valence-electron chi connectivity index (χ1n) is 10.0. The summed E-state index contributed by atoms with van der Waals surface area (Å²) in [6, 6.07) is 5.26. The van der Waals surface area contributed by atoms with Crippen LogP contribution in [0.3, 0.4) is 0 Å². The molecule has 1 aliphatic rings. The van der Waals surface area contributed by atoms with Crippen LogP contribution in [0.2, 0.25) is 5.02 Å². The summed E-state index contributed by atoms with van der Waals surface area (Å²) in [6.07, 6.45) is 7.79. The molecule has 1 aromatic heterocycles. The Bertz CT molecular complexity index is 1080. The van der Waals surface area contributed by atoms with Crippen LogP contribution in [-0.4, -0.2) is 36.4 Å². The van der Waals surface area contributed by atoms with Crippen molar-refractivity contribution in [3.05, 3.63) is 50.2 Å². The van der Waals surface area contributed by atoms with Crippen molar-refractivity contribution >= 4 is 35.0 Å². The lowest BCUT2D eigenvalue weighted by atomic mass is 9.95. The van der Waals surface area contributed by atoms with Crippen LogP contribution >= 0.6 is 22.9 Å². The Morgan fingerprint density at radius 1 is 1.45 bits per heavy atom. The van der Waals surface area contributed by atoms with E-state index in [1.807, 2.05) is 6.19 Å². The van der Waals surface area contributed by atoms with Crippen molar-refractivity contribution in [1.82, 2.24) is 4.57 Å². The third kappa shape index (κ3) is 6.03. The number of hydrogen-bond donors (Lipinski definition) is 0. The zero-order valence-electron chi connectivity index (χ0n) is 18.1. The first-order chi connectivity index (χ1) is 14.8. The lowest BCUT2D eigenvalue weighted by molar-refractivity contribution is 0.0963. The minimum atomic E-state index is -0.0322. The van der Waals surface area contributed by atoms with Gasteiger partial charge >= 0.3 is 0 Å². The topological polar surface area (TPSA) is 84.3 Å². The molecule has 0 amide bonds. The van der Waals surface area contributed by atoms with E-state index in [2.05, 4.69) is 41.7 Å². The third-order valence-electron chi connectivity index (χ3n) is 4.79. The van der Waals surface area contributed by atoms with Gasteiger partial charge in [0.25, 0.3) is 0 Å². The van der Waals surface area contributed by atoms with Crippen molar-refractivity contribution in [1.29, 1.82) is 5.26 Å². The molecule has 7 nitrogen and oxygen atoms in total. The van der Waals surface area contributed by atoms with Gasteiger partial charge in [-0.25, -0.2) is 0 Å². The molecule has 9 heteroatoms. The first kappa shape index (κ1) is 23.2. The van der Waals surface area contributed by atoms with E-state index in [0.717, 1.165) is 24.2 Å². The number of aliphatic imine (C=N–C) groups is 1. The molecule has 1 aliphatic heterocycles. The highest BCUT2D eigenvalue weighted by atomic mass is 35.5. The predicted molar refractivity (Wildman–Crippen MR) is 124 cm³/mol. The van der Waals surface area contributed by atoms with Crippen molar-refractivity contribution in [2.45, 2.75) is 51.7 Å². The molecule has 1 aromatic carbocycles. The molecule has 0 radical (unpaired) electrons. The Balaban J connectivity index is 2.14. The molecule has 3 rings (SSSR count). The van der Waals surface area contributed by atoms with Gasteiger partial charge in [-0.1, -0.05) is 43.6 Å². The maximum absolute atomic E-state index is 9.33. The highest BCUT2D eigenvalue weighted by Crippen LogP contribution is 2.25. The Morgan fingerprint density at radius 2 is 2.26 bits per heavy atom. The minimum absolute atomic E-state index is 0.0322. The molecule has 0 saturated carbocycles. The molecule has 31 heavy (non-hydrogen) atoms. The number of oxime groups is 1. The van der Waals surface area contributed by atoms with E-state index >= 15 is 0 Å². The zero-order valence-corrected chi connectivity index (χ0v) is 19.7. The van der Waals surface area contributed by atoms with Gasteiger partial charge in [-0.15, -0.1) is 11.3 Å². The summed E-state index contributed by atoms with van der Waals surface area (Å²) in [6.45, 7) is 8.00. The summed E-state index contributed by atoms with van der Waals surface area (Å²) in [5, 5.41) is 13.7. The Hall–Kier alpha value is -2.47. The van der Waals surface area contributed by atoms with Crippen LogP contribution in [0.4, 0.5) is 0 Å². The molecule has 2 aromatic rings. The summed E-state index contributed by atoms with van der Waals surface area (Å²) < 4.78 is 7.93. The Labute approximate surface area is 191 Å². The van der Waals surface area contributed by atoms with Gasteiger partial charge in [-0.05, 0) is 30.4 Å². The smallest absolute Gasteiger partial charge is 0.207 e. The molecule has 2 heterocycles. The molecule has 0 spiro atoms. The molecular formula is C22H26ClN5O2S. The lowest BCUT2D eigenvalue weighted by Gasteiger charge is -2.15. The van der Waals surface area contributed by atoms with Crippen LogP contribution < -0.4 is 4.80 Å². The van der Waals surface area contributed by atoms with Crippen molar-refractivity contribution in [3.8, 4) is 6.19 Å². The van der Waals surface area contributed by atoms with Gasteiger partial charge in [0.2, 0.25) is 6.19 Å². The highest BCUT2D eigenvalue weighted by molar-refractivity contribution is 7.09. The van der Waals surface area contributed by atoms with Gasteiger partial charge in [0.05, 0.1) is 18.9 Å². The third-order valence-corrected chi connectivity index (χ3v) is 6.48. The van der Waals surface area contributed by atoms with Gasteiger partial charge in [-0.2, -0.15) is 15.2 Å². The standard InChI is InChI=1S/C22H26ClN5O2S/c1-22(2,3)19-13-28(12-17-6-5-9-30-17)21(31-19)27-20(25-14-24)18-10-16(23)8-7-15(18)11-26-29-4/h7-8,10-11,13,17H,5-6,9,12H2,1-4H3/b25-20?,26-11-,27-21?/t17-/m1/s1. The van der Waals surface area contributed by atoms with Crippen LogP contribution in [0, 0.1) is 11.5 Å². The predicted octanol–water partition coefficient (Wildman–Crippen LogP) is 4.49. The first-order valence-corrected chi connectivity index (χ1v) is 11.2. The number of benzene rings is 1. The molecule has 0 bridgehead atoms. The van der Waals surface area contributed by atoms with Crippen LogP contribution in [0.1, 0.15) is 49.6 Å². The molecule has 1 atom stereocenters. The van der Waals surface area contributed by atoms with Gasteiger partial charge < -0.3 is 14.1 Å². The van der Waals surface area contributed by atoms with Crippen LogP contribution in [0.5, 0.6) is 0 Å². The minimum Gasteiger partial charge on any atom is -0.399 e. The maximum atomic E-state index is 9.33. The molecule has 0 unspecified atom stereocenters.